The zero-order chi connectivity index (χ0) is 40.2. The largest absolute Gasteiger partial charge is 0.472 e. The molecular weight excluding hydrogens is 737 g/mol. The van der Waals surface area contributed by atoms with Gasteiger partial charge in [-0.15, -0.1) is 0 Å². The fourth-order valence-electron chi connectivity index (χ4n) is 7.23. The summed E-state index contributed by atoms with van der Waals surface area (Å²) in [7, 11) is -3.13. The molecule has 1 unspecified atom stereocenters. The summed E-state index contributed by atoms with van der Waals surface area (Å²) in [4.78, 5) is 14.7. The molecule has 3 aromatic rings. The second-order valence-electron chi connectivity index (χ2n) is 15.0. The summed E-state index contributed by atoms with van der Waals surface area (Å²) in [5, 5.41) is 29.2. The third-order valence-electron chi connectivity index (χ3n) is 10.7. The van der Waals surface area contributed by atoms with Gasteiger partial charge in [0, 0.05) is 6.61 Å². The number of aliphatic hydroxyl groups excluding tert-OH is 2. The van der Waals surface area contributed by atoms with Crippen molar-refractivity contribution in [3.05, 3.63) is 60.0 Å². The number of hydrogen-bond donors (Lipinski definition) is 5. The van der Waals surface area contributed by atoms with E-state index in [0.717, 1.165) is 18.4 Å². The number of nitrogens with zero attached hydrogens (tertiary/aromatic N) is 3. The van der Waals surface area contributed by atoms with Gasteiger partial charge in [0.1, 0.15) is 36.3 Å². The fourth-order valence-corrected chi connectivity index (χ4v) is 7.98. The Morgan fingerprint density at radius 2 is 1.50 bits per heavy atom. The Hall–Kier alpha value is -2.49. The lowest BCUT2D eigenvalue weighted by Gasteiger charge is -2.31. The highest BCUT2D eigenvalue weighted by Crippen LogP contribution is 2.46. The van der Waals surface area contributed by atoms with Crippen LogP contribution < -0.4 is 11.1 Å². The van der Waals surface area contributed by atoms with Crippen LogP contribution in [0, 0.1) is 0 Å². The highest BCUT2D eigenvalue weighted by atomic mass is 31.2. The Balaban J connectivity index is 1.18. The summed E-state index contributed by atoms with van der Waals surface area (Å²) in [6, 6.07) is 12.9. The molecule has 0 spiro atoms. The van der Waals surface area contributed by atoms with Crippen molar-refractivity contribution in [2.24, 2.45) is 0 Å². The van der Waals surface area contributed by atoms with E-state index in [2.05, 4.69) is 22.3 Å². The minimum atomic E-state index is -4.67. The number of hydrogen-bond acceptors (Lipinski definition) is 12. The smallest absolute Gasteiger partial charge is 0.387 e. The topological polar surface area (TPSA) is 192 Å². The molecule has 316 valence electrons. The first-order chi connectivity index (χ1) is 27.1. The molecule has 1 aliphatic rings. The van der Waals surface area contributed by atoms with E-state index in [4.69, 9.17) is 29.0 Å². The zero-order valence-electron chi connectivity index (χ0n) is 33.8. The van der Waals surface area contributed by atoms with Crippen LogP contribution in [0.15, 0.2) is 48.8 Å². The number of nitrogens with one attached hydrogen (secondary N) is 1. The van der Waals surface area contributed by atoms with Crippen molar-refractivity contribution in [2.45, 2.75) is 159 Å². The van der Waals surface area contributed by atoms with Crippen LogP contribution >= 0.6 is 7.82 Å². The quantitative estimate of drug-likeness (QED) is 0.0336. The van der Waals surface area contributed by atoms with Gasteiger partial charge in [0.05, 0.1) is 31.6 Å². The second-order valence-corrected chi connectivity index (χ2v) is 16.5. The van der Waals surface area contributed by atoms with Crippen LogP contribution in [-0.4, -0.2) is 87.1 Å². The molecule has 56 heavy (non-hydrogen) atoms. The van der Waals surface area contributed by atoms with Crippen LogP contribution in [0.2, 0.25) is 0 Å². The van der Waals surface area contributed by atoms with Gasteiger partial charge in [-0.05, 0) is 38.1 Å². The molecule has 1 saturated heterocycles. The lowest BCUT2D eigenvalue weighted by molar-refractivity contribution is -0.120. The number of benzene rings is 1. The van der Waals surface area contributed by atoms with Crippen molar-refractivity contribution in [1.29, 1.82) is 0 Å². The monoisotopic (exact) mass is 805 g/mol. The summed E-state index contributed by atoms with van der Waals surface area (Å²) >= 11 is 0. The van der Waals surface area contributed by atoms with Crippen LogP contribution in [-0.2, 0) is 40.2 Å². The second kappa shape index (κ2) is 24.4. The number of phosphoric ester groups is 1. The molecule has 0 radical (unpaired) electrons. The molecule has 1 aliphatic heterocycles. The van der Waals surface area contributed by atoms with Gasteiger partial charge in [0.25, 0.3) is 0 Å². The molecule has 7 atom stereocenters. The van der Waals surface area contributed by atoms with Gasteiger partial charge >= 0.3 is 7.82 Å². The van der Waals surface area contributed by atoms with E-state index in [1.165, 1.54) is 101 Å². The maximum absolute atomic E-state index is 13.1. The first-order valence-electron chi connectivity index (χ1n) is 20.8. The van der Waals surface area contributed by atoms with Crippen molar-refractivity contribution < 1.29 is 42.9 Å². The predicted molar refractivity (Wildman–Crippen MR) is 217 cm³/mol. The van der Waals surface area contributed by atoms with Crippen molar-refractivity contribution in [3.8, 4) is 0 Å². The van der Waals surface area contributed by atoms with Crippen LogP contribution in [0.4, 0.5) is 5.82 Å². The van der Waals surface area contributed by atoms with Crippen LogP contribution in [0.3, 0.4) is 0 Å². The molecule has 15 heteroatoms. The number of unbranched alkanes of at least 4 members (excludes halogenated alkanes) is 15. The lowest BCUT2D eigenvalue weighted by atomic mass is 10.00. The molecule has 6 N–H and O–H groups in total. The number of rotatable bonds is 30. The third-order valence-corrected chi connectivity index (χ3v) is 11.7. The number of likely N-dealkylation sites (N-methyl/N-ethyl adjacent to an activating group) is 1. The number of fused-ring (bicyclic) bond motifs is 1. The van der Waals surface area contributed by atoms with Gasteiger partial charge in [-0.1, -0.05) is 134 Å². The van der Waals surface area contributed by atoms with E-state index in [0.29, 0.717) is 17.8 Å². The van der Waals surface area contributed by atoms with Gasteiger partial charge < -0.3 is 35.1 Å². The number of anilines is 1. The Labute approximate surface area is 333 Å². The van der Waals surface area contributed by atoms with Gasteiger partial charge in [0.2, 0.25) is 0 Å². The molecule has 0 bridgehead atoms. The van der Waals surface area contributed by atoms with Gasteiger partial charge in [0.15, 0.2) is 11.5 Å². The number of ether oxygens (including phenoxy) is 3. The molecule has 3 heterocycles. The molecule has 4 rings (SSSR count). The fraction of sp³-hybridized carbons (Fsp3) is 0.707. The highest BCUT2D eigenvalue weighted by Gasteiger charge is 2.56. The van der Waals surface area contributed by atoms with E-state index in [1.807, 2.05) is 37.3 Å². The number of phosphoric acid groups is 1. The Bertz CT molecular complexity index is 1570. The summed E-state index contributed by atoms with van der Waals surface area (Å²) in [6.45, 7) is 4.09. The van der Waals surface area contributed by atoms with Gasteiger partial charge in [-0.3, -0.25) is 14.4 Å². The van der Waals surface area contributed by atoms with Gasteiger partial charge in [-0.2, -0.15) is 5.10 Å². The van der Waals surface area contributed by atoms with E-state index < -0.39 is 50.7 Å². The number of nitrogen functional groups attached to an aromatic ring is 1. The summed E-state index contributed by atoms with van der Waals surface area (Å²) in [5.74, 6) is 0.217. The number of aliphatic hydroxyl groups is 2. The minimum Gasteiger partial charge on any atom is -0.387 e. The van der Waals surface area contributed by atoms with E-state index >= 15 is 0 Å². The number of nitrogens with two attached hydrogens (primary N) is 1. The maximum Gasteiger partial charge on any atom is 0.472 e. The van der Waals surface area contributed by atoms with Crippen molar-refractivity contribution in [2.75, 3.05) is 32.6 Å². The zero-order valence-corrected chi connectivity index (χ0v) is 34.7. The molecule has 1 aromatic carbocycles. The Kier molecular flexibility index (Phi) is 20.2. The molecule has 2 aromatic heterocycles. The summed E-state index contributed by atoms with van der Waals surface area (Å²) < 4.78 is 43.6. The summed E-state index contributed by atoms with van der Waals surface area (Å²) in [6.07, 6.45) is 16.7. The van der Waals surface area contributed by atoms with E-state index in [-0.39, 0.29) is 19.0 Å². The highest BCUT2D eigenvalue weighted by molar-refractivity contribution is 7.47. The van der Waals surface area contributed by atoms with Crippen molar-refractivity contribution >= 4 is 19.2 Å². The van der Waals surface area contributed by atoms with Crippen LogP contribution in [0.1, 0.15) is 128 Å². The standard InChI is InChI=1S/C41H68N5O9P/c1-4-5-6-7-8-9-10-11-12-13-14-15-16-17-18-22-27-51-32(2)35(52-28-33-23-20-19-21-24-33)29-53-56(49,50)54-30-36-38(47)39(48)41(43-3,55-36)37-26-25-34-40(42)44-31-45-46(34)37/h19-21,23-26,31-32,35-36,38-39,43,47-48H,4-18,22,27-30H2,1-3H3,(H,49,50)(H2,42,44,45)/t32-,35-,36+,38+,39+,41-/m0/s1. The molecule has 0 saturated carbocycles. The molecule has 0 amide bonds. The Morgan fingerprint density at radius 1 is 0.893 bits per heavy atom. The average molecular weight is 806 g/mol. The Morgan fingerprint density at radius 3 is 2.11 bits per heavy atom. The summed E-state index contributed by atoms with van der Waals surface area (Å²) in [5.41, 5.74) is 6.09. The van der Waals surface area contributed by atoms with Crippen LogP contribution in [0.25, 0.3) is 5.52 Å². The first kappa shape index (κ1) is 46.2. The average Bonchev–Trinajstić information content (AvgIpc) is 3.75. The van der Waals surface area contributed by atoms with Crippen molar-refractivity contribution in [1.82, 2.24) is 19.9 Å². The molecule has 0 aliphatic carbocycles. The van der Waals surface area contributed by atoms with Crippen molar-refractivity contribution in [3.63, 3.8) is 0 Å². The van der Waals surface area contributed by atoms with Gasteiger partial charge in [-0.25, -0.2) is 14.1 Å². The van der Waals surface area contributed by atoms with E-state index in [1.54, 1.807) is 19.2 Å². The normalized spacial score (nSPS) is 22.1. The molecule has 14 nitrogen and oxygen atoms in total. The SMILES string of the molecule is CCCCCCCCCCCCCCCCCCO[C@@H](C)[C@H](COP(=O)(O)OC[C@H]1O[C@@](NC)(c2ccc3c(N)ncnn23)[C@H](O)[C@@H]1O)OCc1ccccc1. The van der Waals surface area contributed by atoms with E-state index in [9.17, 15) is 19.7 Å². The lowest BCUT2D eigenvalue weighted by Crippen LogP contribution is -2.51. The molecule has 1 fully saturated rings. The maximum atomic E-state index is 13.1. The predicted octanol–water partition coefficient (Wildman–Crippen LogP) is 7.19. The third kappa shape index (κ3) is 14.1. The van der Waals surface area contributed by atoms with Crippen LogP contribution in [0.5, 0.6) is 0 Å². The molecular formula is C41H68N5O9P. The number of aromatic nitrogens is 3. The first-order valence-corrected chi connectivity index (χ1v) is 22.3. The minimum absolute atomic E-state index is 0.217.